The Bertz CT molecular complexity index is 883. The van der Waals surface area contributed by atoms with Crippen molar-refractivity contribution in [1.29, 1.82) is 10.5 Å². The lowest BCUT2D eigenvalue weighted by Crippen LogP contribution is -2.53. The zero-order valence-corrected chi connectivity index (χ0v) is 13.8. The Morgan fingerprint density at radius 1 is 1.40 bits per heavy atom. The van der Waals surface area contributed by atoms with Gasteiger partial charge in [-0.2, -0.15) is 10.5 Å². The average Bonchev–Trinajstić information content (AvgIpc) is 2.64. The molecule has 2 unspecified atom stereocenters. The highest BCUT2D eigenvalue weighted by Crippen LogP contribution is 2.30. The van der Waals surface area contributed by atoms with Gasteiger partial charge in [0.1, 0.15) is 12.6 Å². The molecule has 0 radical (unpaired) electrons. The number of hydrogen-bond acceptors (Lipinski definition) is 6. The van der Waals surface area contributed by atoms with E-state index in [0.717, 1.165) is 11.1 Å². The summed E-state index contributed by atoms with van der Waals surface area (Å²) in [5.41, 5.74) is 2.08. The van der Waals surface area contributed by atoms with Crippen molar-refractivity contribution in [2.45, 2.75) is 19.1 Å². The van der Waals surface area contributed by atoms with E-state index in [-0.39, 0.29) is 18.6 Å². The normalized spacial score (nSPS) is 19.9. The number of nitrogens with zero attached hydrogens (tertiary/aromatic N) is 4. The molecule has 1 aliphatic rings. The lowest BCUT2D eigenvalue weighted by Gasteiger charge is -2.37. The molecule has 1 aromatic carbocycles. The smallest absolute Gasteiger partial charge is 0.251 e. The number of benzene rings is 1. The van der Waals surface area contributed by atoms with Crippen molar-refractivity contribution >= 4 is 22.5 Å². The van der Waals surface area contributed by atoms with Crippen LogP contribution in [0, 0.1) is 22.7 Å². The number of pyridine rings is 1. The van der Waals surface area contributed by atoms with Gasteiger partial charge in [-0.25, -0.2) is 0 Å². The van der Waals surface area contributed by atoms with Crippen molar-refractivity contribution < 1.29 is 9.53 Å². The molecule has 1 N–H and O–H groups in total. The molecule has 0 bridgehead atoms. The number of hydrogen-bond donors (Lipinski definition) is 1. The predicted molar refractivity (Wildman–Crippen MR) is 91.6 cm³/mol. The average molecular weight is 335 g/mol. The van der Waals surface area contributed by atoms with Gasteiger partial charge in [-0.15, -0.1) is 0 Å². The number of anilines is 1. The number of fused-ring (bicyclic) bond motifs is 1. The molecular formula is C18H17N5O2. The molecule has 1 saturated heterocycles. The minimum atomic E-state index is -0.653. The fraction of sp³-hybridized carbons (Fsp3) is 0.333. The lowest BCUT2D eigenvalue weighted by molar-refractivity contribution is -0.137. The monoisotopic (exact) mass is 335 g/mol. The summed E-state index contributed by atoms with van der Waals surface area (Å²) in [6, 6.07) is 11.4. The molecule has 0 saturated carbocycles. The summed E-state index contributed by atoms with van der Waals surface area (Å²) >= 11 is 0. The van der Waals surface area contributed by atoms with Crippen molar-refractivity contribution in [3.8, 4) is 12.1 Å². The second kappa shape index (κ2) is 7.16. The molecule has 1 amide bonds. The molecule has 7 nitrogen and oxygen atoms in total. The maximum absolute atomic E-state index is 12.2. The van der Waals surface area contributed by atoms with Crippen LogP contribution in [0.25, 0.3) is 10.9 Å². The van der Waals surface area contributed by atoms with Crippen LogP contribution in [0.4, 0.5) is 5.69 Å². The summed E-state index contributed by atoms with van der Waals surface area (Å²) in [7, 11) is 0. The quantitative estimate of drug-likeness (QED) is 0.849. The number of morpholine rings is 1. The Hall–Kier alpha value is -3.16. The lowest BCUT2D eigenvalue weighted by atomic mass is 10.1. The molecule has 7 heteroatoms. The van der Waals surface area contributed by atoms with Crippen molar-refractivity contribution in [2.24, 2.45) is 0 Å². The third-order valence-corrected chi connectivity index (χ3v) is 4.10. The molecular weight excluding hydrogens is 318 g/mol. The summed E-state index contributed by atoms with van der Waals surface area (Å²) in [5, 5.41) is 21.3. The van der Waals surface area contributed by atoms with Crippen molar-refractivity contribution in [2.75, 3.05) is 24.5 Å². The summed E-state index contributed by atoms with van der Waals surface area (Å²) in [5.74, 6) is -0.297. The van der Waals surface area contributed by atoms with Gasteiger partial charge in [-0.1, -0.05) is 0 Å². The standard InChI is InChI=1S/C18H17N5O2/c1-12-10-23(11-16(25-12)18(24)22-8-6-19)15-5-4-13(9-20)17-14(15)3-2-7-21-17/h2-5,7,12,16H,8,10-11H2,1H3,(H,22,24). The molecule has 3 rings (SSSR count). The molecule has 0 spiro atoms. The van der Waals surface area contributed by atoms with E-state index in [1.807, 2.05) is 31.2 Å². The molecule has 1 fully saturated rings. The summed E-state index contributed by atoms with van der Waals surface area (Å²) in [6.45, 7) is 2.85. The number of nitrogens with one attached hydrogen (secondary N) is 1. The number of carbonyl (C=O) groups excluding carboxylic acids is 1. The minimum absolute atomic E-state index is 0.0448. The molecule has 2 aromatic rings. The first-order chi connectivity index (χ1) is 12.1. The Kier molecular flexibility index (Phi) is 4.78. The predicted octanol–water partition coefficient (Wildman–Crippen LogP) is 1.34. The van der Waals surface area contributed by atoms with E-state index in [2.05, 4.69) is 21.3 Å². The molecule has 1 aliphatic heterocycles. The number of rotatable bonds is 3. The summed E-state index contributed by atoms with van der Waals surface area (Å²) in [6.07, 6.45) is 0.862. The van der Waals surface area contributed by atoms with Crippen LogP contribution in [-0.2, 0) is 9.53 Å². The third-order valence-electron chi connectivity index (χ3n) is 4.10. The van der Waals surface area contributed by atoms with Gasteiger partial charge in [0.25, 0.3) is 5.91 Å². The topological polar surface area (TPSA) is 102 Å². The zero-order valence-electron chi connectivity index (χ0n) is 13.8. The van der Waals surface area contributed by atoms with Crippen LogP contribution in [0.3, 0.4) is 0 Å². The fourth-order valence-electron chi connectivity index (χ4n) is 3.06. The van der Waals surface area contributed by atoms with E-state index < -0.39 is 6.10 Å². The highest BCUT2D eigenvalue weighted by molar-refractivity contribution is 5.95. The largest absolute Gasteiger partial charge is 0.365 e. The van der Waals surface area contributed by atoms with Crippen molar-refractivity contribution in [1.82, 2.24) is 10.3 Å². The molecule has 1 aromatic heterocycles. The van der Waals surface area contributed by atoms with Gasteiger partial charge in [-0.3, -0.25) is 9.78 Å². The fourth-order valence-corrected chi connectivity index (χ4v) is 3.06. The van der Waals surface area contributed by atoms with Gasteiger partial charge in [0, 0.05) is 23.8 Å². The van der Waals surface area contributed by atoms with Gasteiger partial charge in [0.15, 0.2) is 6.10 Å². The highest BCUT2D eigenvalue weighted by Gasteiger charge is 2.31. The maximum Gasteiger partial charge on any atom is 0.251 e. The van der Waals surface area contributed by atoms with E-state index in [9.17, 15) is 10.1 Å². The Morgan fingerprint density at radius 3 is 3.00 bits per heavy atom. The van der Waals surface area contributed by atoms with Crippen molar-refractivity contribution in [3.05, 3.63) is 36.0 Å². The number of ether oxygens (including phenoxy) is 1. The van der Waals surface area contributed by atoms with E-state index in [1.165, 1.54) is 0 Å². The second-order valence-electron chi connectivity index (χ2n) is 5.86. The van der Waals surface area contributed by atoms with Crippen molar-refractivity contribution in [3.63, 3.8) is 0 Å². The third kappa shape index (κ3) is 3.37. The second-order valence-corrected chi connectivity index (χ2v) is 5.86. The molecule has 2 atom stereocenters. The number of nitriles is 2. The van der Waals surface area contributed by atoms with Gasteiger partial charge < -0.3 is 15.0 Å². The van der Waals surface area contributed by atoms with Gasteiger partial charge in [0.05, 0.1) is 29.8 Å². The first-order valence-electron chi connectivity index (χ1n) is 7.97. The van der Waals surface area contributed by atoms with Gasteiger partial charge in [0.2, 0.25) is 0 Å². The van der Waals surface area contributed by atoms with Crippen LogP contribution in [0.1, 0.15) is 12.5 Å². The van der Waals surface area contributed by atoms with E-state index in [0.29, 0.717) is 24.2 Å². The van der Waals surface area contributed by atoms with E-state index in [1.54, 1.807) is 12.3 Å². The van der Waals surface area contributed by atoms with E-state index >= 15 is 0 Å². The summed E-state index contributed by atoms with van der Waals surface area (Å²) in [4.78, 5) is 18.6. The molecule has 0 aliphatic carbocycles. The Balaban J connectivity index is 1.94. The van der Waals surface area contributed by atoms with Crippen LogP contribution in [0.15, 0.2) is 30.5 Å². The van der Waals surface area contributed by atoms with Crippen LogP contribution >= 0.6 is 0 Å². The van der Waals surface area contributed by atoms with Gasteiger partial charge >= 0.3 is 0 Å². The van der Waals surface area contributed by atoms with Gasteiger partial charge in [-0.05, 0) is 31.2 Å². The first-order valence-corrected chi connectivity index (χ1v) is 7.97. The first kappa shape index (κ1) is 16.7. The molecule has 25 heavy (non-hydrogen) atoms. The van der Waals surface area contributed by atoms with Crippen LogP contribution in [0.5, 0.6) is 0 Å². The highest BCUT2D eigenvalue weighted by atomic mass is 16.5. The number of aromatic nitrogens is 1. The molecule has 2 heterocycles. The maximum atomic E-state index is 12.2. The van der Waals surface area contributed by atoms with Crippen LogP contribution in [-0.4, -0.2) is 42.7 Å². The Morgan fingerprint density at radius 2 is 2.24 bits per heavy atom. The van der Waals surface area contributed by atoms with Crippen LogP contribution in [0.2, 0.25) is 0 Å². The SMILES string of the molecule is CC1CN(c2ccc(C#N)c3ncccc23)CC(C(=O)NCC#N)O1. The zero-order chi connectivity index (χ0) is 17.8. The van der Waals surface area contributed by atoms with Crippen LogP contribution < -0.4 is 10.2 Å². The minimum Gasteiger partial charge on any atom is -0.365 e. The Labute approximate surface area is 145 Å². The van der Waals surface area contributed by atoms with E-state index in [4.69, 9.17) is 10.00 Å². The summed E-state index contributed by atoms with van der Waals surface area (Å²) < 4.78 is 5.72. The number of carbonyl (C=O) groups is 1. The molecule has 126 valence electrons. The number of amides is 1.